The van der Waals surface area contributed by atoms with E-state index in [0.29, 0.717) is 0 Å². The van der Waals surface area contributed by atoms with Crippen LogP contribution in [0.25, 0.3) is 0 Å². The fourth-order valence-corrected chi connectivity index (χ4v) is 0.725. The van der Waals surface area contributed by atoms with E-state index >= 15 is 0 Å². The van der Waals surface area contributed by atoms with Crippen molar-refractivity contribution >= 4 is 0 Å². The zero-order valence-corrected chi connectivity index (χ0v) is 6.84. The van der Waals surface area contributed by atoms with Crippen LogP contribution in [-0.2, 0) is 0 Å². The van der Waals surface area contributed by atoms with Crippen molar-refractivity contribution in [3.63, 3.8) is 0 Å². The zero-order valence-electron chi connectivity index (χ0n) is 6.84. The summed E-state index contributed by atoms with van der Waals surface area (Å²) in [6, 6.07) is 0. The van der Waals surface area contributed by atoms with Crippen LogP contribution in [-0.4, -0.2) is 0 Å². The summed E-state index contributed by atoms with van der Waals surface area (Å²) in [6.45, 7) is 5.81. The second kappa shape index (κ2) is 8.48. The van der Waals surface area contributed by atoms with Crippen LogP contribution in [0, 0.1) is 6.92 Å². The van der Waals surface area contributed by atoms with Crippen molar-refractivity contribution in [2.75, 3.05) is 0 Å². The zero-order chi connectivity index (χ0) is 7.66. The topological polar surface area (TPSA) is 0 Å². The summed E-state index contributed by atoms with van der Waals surface area (Å²) in [4.78, 5) is 0. The molecular formula is C10H17. The van der Waals surface area contributed by atoms with Gasteiger partial charge < -0.3 is 0 Å². The Balaban J connectivity index is 3.02. The van der Waals surface area contributed by atoms with Crippen LogP contribution in [0.5, 0.6) is 0 Å². The lowest BCUT2D eigenvalue weighted by atomic mass is 10.2. The maximum atomic E-state index is 3.78. The Morgan fingerprint density at radius 1 is 1.20 bits per heavy atom. The highest BCUT2D eigenvalue weighted by atomic mass is 13.9. The summed E-state index contributed by atoms with van der Waals surface area (Å²) < 4.78 is 0. The van der Waals surface area contributed by atoms with Gasteiger partial charge in [0, 0.05) is 0 Å². The molecule has 0 spiro atoms. The van der Waals surface area contributed by atoms with E-state index in [1.54, 1.807) is 0 Å². The lowest BCUT2D eigenvalue weighted by Crippen LogP contribution is -1.69. The quantitative estimate of drug-likeness (QED) is 0.402. The molecule has 0 bridgehead atoms. The van der Waals surface area contributed by atoms with E-state index in [-0.39, 0.29) is 0 Å². The molecule has 0 heterocycles. The minimum Gasteiger partial charge on any atom is -0.0877 e. The third-order valence-corrected chi connectivity index (χ3v) is 1.31. The molecule has 0 nitrogen and oxygen atoms in total. The normalized spacial score (nSPS) is 11.8. The SMILES string of the molecule is [CH2]CCCC/C=C/C=C/C. The lowest BCUT2D eigenvalue weighted by Gasteiger charge is -1.89. The molecule has 0 fully saturated rings. The van der Waals surface area contributed by atoms with Gasteiger partial charge in [-0.05, 0) is 19.8 Å². The molecule has 0 saturated heterocycles. The van der Waals surface area contributed by atoms with Gasteiger partial charge in [0.1, 0.15) is 0 Å². The van der Waals surface area contributed by atoms with Crippen LogP contribution in [0.2, 0.25) is 0 Å². The molecule has 0 saturated carbocycles. The Morgan fingerprint density at radius 3 is 2.60 bits per heavy atom. The van der Waals surface area contributed by atoms with Crippen molar-refractivity contribution < 1.29 is 0 Å². The summed E-state index contributed by atoms with van der Waals surface area (Å²) in [5.41, 5.74) is 0. The Kier molecular flexibility index (Phi) is 8.04. The van der Waals surface area contributed by atoms with Gasteiger partial charge in [-0.25, -0.2) is 0 Å². The van der Waals surface area contributed by atoms with Crippen LogP contribution in [0.15, 0.2) is 24.3 Å². The van der Waals surface area contributed by atoms with Gasteiger partial charge in [-0.15, -0.1) is 0 Å². The van der Waals surface area contributed by atoms with E-state index in [1.807, 2.05) is 13.0 Å². The summed E-state index contributed by atoms with van der Waals surface area (Å²) in [5, 5.41) is 0. The second-order valence-corrected chi connectivity index (χ2v) is 2.30. The third-order valence-electron chi connectivity index (χ3n) is 1.31. The first-order chi connectivity index (χ1) is 4.91. The van der Waals surface area contributed by atoms with Gasteiger partial charge in [0.05, 0.1) is 0 Å². The monoisotopic (exact) mass is 137 g/mol. The molecule has 0 N–H and O–H groups in total. The molecule has 0 rings (SSSR count). The van der Waals surface area contributed by atoms with Crippen LogP contribution in [0.4, 0.5) is 0 Å². The first-order valence-corrected chi connectivity index (χ1v) is 3.99. The van der Waals surface area contributed by atoms with E-state index < -0.39 is 0 Å². The van der Waals surface area contributed by atoms with Crippen molar-refractivity contribution in [2.24, 2.45) is 0 Å². The smallest absolute Gasteiger partial charge is 0.0348 e. The fourth-order valence-electron chi connectivity index (χ4n) is 0.725. The molecule has 0 aliphatic rings. The molecule has 57 valence electrons. The lowest BCUT2D eigenvalue weighted by molar-refractivity contribution is 0.760. The van der Waals surface area contributed by atoms with Crippen LogP contribution in [0.1, 0.15) is 32.6 Å². The minimum atomic E-state index is 1.07. The number of allylic oxidation sites excluding steroid dienone is 4. The maximum absolute atomic E-state index is 3.78. The molecule has 10 heavy (non-hydrogen) atoms. The molecule has 0 aliphatic heterocycles. The second-order valence-electron chi connectivity index (χ2n) is 2.30. The van der Waals surface area contributed by atoms with Crippen LogP contribution >= 0.6 is 0 Å². The summed E-state index contributed by atoms with van der Waals surface area (Å²) in [7, 11) is 0. The predicted octanol–water partition coefficient (Wildman–Crippen LogP) is 3.51. The molecule has 0 aliphatic carbocycles. The fraction of sp³-hybridized carbons (Fsp3) is 0.500. The highest BCUT2D eigenvalue weighted by Gasteiger charge is 1.79. The molecule has 0 amide bonds. The standard InChI is InChI=1S/C10H17/c1-3-5-7-9-10-8-6-4-2/h4,6,8,10H,1,3,5,7,9H2,2H3/b6-4+,10-8+. The van der Waals surface area contributed by atoms with Gasteiger partial charge >= 0.3 is 0 Å². The number of hydrogen-bond donors (Lipinski definition) is 0. The average Bonchev–Trinajstić information content (AvgIpc) is 1.97. The maximum Gasteiger partial charge on any atom is -0.0348 e. The van der Waals surface area contributed by atoms with Crippen molar-refractivity contribution in [3.05, 3.63) is 31.2 Å². The van der Waals surface area contributed by atoms with E-state index in [9.17, 15) is 0 Å². The van der Waals surface area contributed by atoms with Gasteiger partial charge in [0.2, 0.25) is 0 Å². The first-order valence-electron chi connectivity index (χ1n) is 3.99. The van der Waals surface area contributed by atoms with Gasteiger partial charge in [0.25, 0.3) is 0 Å². The van der Waals surface area contributed by atoms with Crippen molar-refractivity contribution in [1.82, 2.24) is 0 Å². The van der Waals surface area contributed by atoms with Gasteiger partial charge in [0.15, 0.2) is 0 Å². The van der Waals surface area contributed by atoms with Crippen LogP contribution < -0.4 is 0 Å². The summed E-state index contributed by atoms with van der Waals surface area (Å²) >= 11 is 0. The number of rotatable bonds is 5. The predicted molar refractivity (Wildman–Crippen MR) is 47.8 cm³/mol. The minimum absolute atomic E-state index is 1.07. The van der Waals surface area contributed by atoms with E-state index in [1.165, 1.54) is 19.3 Å². The largest absolute Gasteiger partial charge is 0.0877 e. The van der Waals surface area contributed by atoms with Crippen molar-refractivity contribution in [3.8, 4) is 0 Å². The van der Waals surface area contributed by atoms with Crippen molar-refractivity contribution in [2.45, 2.75) is 32.6 Å². The molecule has 0 atom stereocenters. The average molecular weight is 137 g/mol. The molecule has 1 radical (unpaired) electrons. The molecular weight excluding hydrogens is 120 g/mol. The molecule has 0 aromatic heterocycles. The van der Waals surface area contributed by atoms with Crippen molar-refractivity contribution in [1.29, 1.82) is 0 Å². The van der Waals surface area contributed by atoms with Gasteiger partial charge in [-0.3, -0.25) is 0 Å². The Hall–Kier alpha value is -0.520. The van der Waals surface area contributed by atoms with Gasteiger partial charge in [-0.2, -0.15) is 0 Å². The highest BCUT2D eigenvalue weighted by Crippen LogP contribution is 1.98. The van der Waals surface area contributed by atoms with Gasteiger partial charge in [-0.1, -0.05) is 44.1 Å². The Bertz CT molecular complexity index is 98.6. The summed E-state index contributed by atoms with van der Waals surface area (Å²) in [6.07, 6.45) is 13.2. The molecule has 0 unspecified atom stereocenters. The van der Waals surface area contributed by atoms with E-state index in [0.717, 1.165) is 6.42 Å². The Labute approximate surface area is 64.6 Å². The molecule has 0 aromatic rings. The van der Waals surface area contributed by atoms with Crippen LogP contribution in [0.3, 0.4) is 0 Å². The number of unbranched alkanes of at least 4 members (excludes halogenated alkanes) is 3. The van der Waals surface area contributed by atoms with E-state index in [4.69, 9.17) is 0 Å². The number of hydrogen-bond acceptors (Lipinski definition) is 0. The Morgan fingerprint density at radius 2 is 2.00 bits per heavy atom. The molecule has 0 heteroatoms. The molecule has 0 aromatic carbocycles. The highest BCUT2D eigenvalue weighted by molar-refractivity contribution is 5.00. The first kappa shape index (κ1) is 9.48. The summed E-state index contributed by atoms with van der Waals surface area (Å²) in [5.74, 6) is 0. The van der Waals surface area contributed by atoms with E-state index in [2.05, 4.69) is 25.2 Å². The third kappa shape index (κ3) is 7.48.